The van der Waals surface area contributed by atoms with Crippen LogP contribution in [0.2, 0.25) is 0 Å². The van der Waals surface area contributed by atoms with E-state index in [-0.39, 0.29) is 11.9 Å². The first-order chi connectivity index (χ1) is 14.5. The Hall–Kier alpha value is -2.94. The maximum Gasteiger partial charge on any atom is 0.414 e. The van der Waals surface area contributed by atoms with Crippen molar-refractivity contribution in [3.8, 4) is 11.3 Å². The van der Waals surface area contributed by atoms with E-state index in [1.165, 1.54) is 18.3 Å². The van der Waals surface area contributed by atoms with Crippen molar-refractivity contribution in [1.82, 2.24) is 14.6 Å². The molecule has 0 aliphatic heterocycles. The minimum absolute atomic E-state index is 0.116. The number of amides is 2. The molecule has 0 aliphatic rings. The third-order valence-electron chi connectivity index (χ3n) is 4.79. The van der Waals surface area contributed by atoms with Gasteiger partial charge in [0.25, 0.3) is 5.95 Å². The second-order valence-corrected chi connectivity index (χ2v) is 7.99. The summed E-state index contributed by atoms with van der Waals surface area (Å²) >= 11 is 1.43. The molecule has 9 heteroatoms. The van der Waals surface area contributed by atoms with Crippen molar-refractivity contribution in [3.05, 3.63) is 29.6 Å². The lowest BCUT2D eigenvalue weighted by Gasteiger charge is -2.14. The molecule has 3 aromatic rings. The van der Waals surface area contributed by atoms with Gasteiger partial charge in [0.1, 0.15) is 0 Å². The molecule has 2 aromatic heterocycles. The molecule has 1 aromatic carbocycles. The molecule has 2 N–H and O–H groups in total. The number of hydrogen-bond donors (Lipinski definition) is 2. The molecule has 8 nitrogen and oxygen atoms in total. The number of unbranched alkanes of at least 4 members (excludes halogenated alkanes) is 1. The molecular formula is C21H27N5O3S. The number of hydrogen-bond acceptors (Lipinski definition) is 6. The Bertz CT molecular complexity index is 996. The summed E-state index contributed by atoms with van der Waals surface area (Å²) < 4.78 is 7.04. The number of nitrogens with zero attached hydrogens (tertiary/aromatic N) is 3. The SMILES string of the molecule is CCCCC(CC)COC(=O)Nc1nc2scc(-c3ccc(NC(C)=O)cc3)n2n1. The molecule has 0 bridgehead atoms. The minimum Gasteiger partial charge on any atom is -0.449 e. The average molecular weight is 430 g/mol. The van der Waals surface area contributed by atoms with Gasteiger partial charge in [-0.25, -0.2) is 9.31 Å². The van der Waals surface area contributed by atoms with Gasteiger partial charge in [-0.1, -0.05) is 45.2 Å². The number of thiazole rings is 1. The van der Waals surface area contributed by atoms with Crippen LogP contribution in [0.4, 0.5) is 16.4 Å². The van der Waals surface area contributed by atoms with Crippen LogP contribution in [0, 0.1) is 5.92 Å². The Morgan fingerprint density at radius 1 is 1.20 bits per heavy atom. The summed E-state index contributed by atoms with van der Waals surface area (Å²) in [6.07, 6.45) is 3.77. The monoisotopic (exact) mass is 429 g/mol. The van der Waals surface area contributed by atoms with E-state index in [0.29, 0.717) is 17.5 Å². The highest BCUT2D eigenvalue weighted by Crippen LogP contribution is 2.27. The van der Waals surface area contributed by atoms with Crippen LogP contribution in [0.1, 0.15) is 46.5 Å². The Labute approximate surface area is 179 Å². The van der Waals surface area contributed by atoms with Crippen molar-refractivity contribution >= 4 is 39.9 Å². The van der Waals surface area contributed by atoms with Gasteiger partial charge in [0.15, 0.2) is 0 Å². The van der Waals surface area contributed by atoms with Gasteiger partial charge >= 0.3 is 6.09 Å². The van der Waals surface area contributed by atoms with Gasteiger partial charge in [-0.05, 0) is 24.5 Å². The summed E-state index contributed by atoms with van der Waals surface area (Å²) in [5, 5.41) is 11.7. The van der Waals surface area contributed by atoms with Gasteiger partial charge in [0, 0.05) is 23.6 Å². The van der Waals surface area contributed by atoms with Gasteiger partial charge in [-0.2, -0.15) is 4.98 Å². The number of aromatic nitrogens is 3. The number of anilines is 2. The predicted octanol–water partition coefficient (Wildman–Crippen LogP) is 5.18. The number of rotatable bonds is 9. The van der Waals surface area contributed by atoms with E-state index >= 15 is 0 Å². The number of nitrogens with one attached hydrogen (secondary N) is 2. The zero-order chi connectivity index (χ0) is 21.5. The quantitative estimate of drug-likeness (QED) is 0.488. The summed E-state index contributed by atoms with van der Waals surface area (Å²) in [7, 11) is 0. The van der Waals surface area contributed by atoms with E-state index in [1.807, 2.05) is 29.6 Å². The molecule has 30 heavy (non-hydrogen) atoms. The third-order valence-corrected chi connectivity index (χ3v) is 5.61. The van der Waals surface area contributed by atoms with E-state index in [9.17, 15) is 9.59 Å². The van der Waals surface area contributed by atoms with Crippen LogP contribution in [0.15, 0.2) is 29.6 Å². The summed E-state index contributed by atoms with van der Waals surface area (Å²) in [5.74, 6) is 0.473. The second kappa shape index (κ2) is 10.2. The number of ether oxygens (including phenoxy) is 1. The molecule has 0 saturated carbocycles. The normalized spacial score (nSPS) is 12.0. The van der Waals surface area contributed by atoms with Gasteiger partial charge in [0.05, 0.1) is 12.3 Å². The number of carbonyl (C=O) groups is 2. The number of fused-ring (bicyclic) bond motifs is 1. The molecule has 2 heterocycles. The Balaban J connectivity index is 1.64. The first kappa shape index (κ1) is 21.8. The van der Waals surface area contributed by atoms with Crippen LogP contribution in [0.5, 0.6) is 0 Å². The molecule has 0 fully saturated rings. The summed E-state index contributed by atoms with van der Waals surface area (Å²) in [4.78, 5) is 28.3. The third kappa shape index (κ3) is 5.56. The van der Waals surface area contributed by atoms with Crippen LogP contribution >= 0.6 is 11.3 Å². The van der Waals surface area contributed by atoms with E-state index in [1.54, 1.807) is 4.52 Å². The highest BCUT2D eigenvalue weighted by Gasteiger charge is 2.15. The fourth-order valence-electron chi connectivity index (χ4n) is 3.08. The molecular weight excluding hydrogens is 402 g/mol. The van der Waals surface area contributed by atoms with Crippen molar-refractivity contribution in [2.75, 3.05) is 17.2 Å². The molecule has 3 rings (SSSR count). The first-order valence-electron chi connectivity index (χ1n) is 10.2. The molecule has 1 atom stereocenters. The summed E-state index contributed by atoms with van der Waals surface area (Å²) in [5.41, 5.74) is 2.51. The van der Waals surface area contributed by atoms with Crippen molar-refractivity contribution in [1.29, 1.82) is 0 Å². The van der Waals surface area contributed by atoms with Crippen molar-refractivity contribution in [2.24, 2.45) is 5.92 Å². The topological polar surface area (TPSA) is 97.6 Å². The molecule has 0 radical (unpaired) electrons. The van der Waals surface area contributed by atoms with E-state index in [2.05, 4.69) is 34.6 Å². The maximum atomic E-state index is 12.1. The highest BCUT2D eigenvalue weighted by atomic mass is 32.1. The van der Waals surface area contributed by atoms with Gasteiger partial charge in [-0.15, -0.1) is 16.4 Å². The van der Waals surface area contributed by atoms with Crippen molar-refractivity contribution in [3.63, 3.8) is 0 Å². The van der Waals surface area contributed by atoms with Crippen LogP contribution in [0.25, 0.3) is 16.2 Å². The van der Waals surface area contributed by atoms with Crippen LogP contribution in [-0.2, 0) is 9.53 Å². The molecule has 1 unspecified atom stereocenters. The molecule has 0 saturated heterocycles. The van der Waals surface area contributed by atoms with Gasteiger partial charge in [0.2, 0.25) is 10.9 Å². The lowest BCUT2D eigenvalue weighted by atomic mass is 10.0. The standard InChI is InChI=1S/C21H27N5O3S/c1-4-6-7-15(5-2)12-29-21(28)24-19-23-20-26(25-19)18(13-30-20)16-8-10-17(11-9-16)22-14(3)27/h8-11,13,15H,4-7,12H2,1-3H3,(H,22,27)(H,24,25,28). The van der Waals surface area contributed by atoms with Crippen LogP contribution < -0.4 is 10.6 Å². The Morgan fingerprint density at radius 2 is 1.97 bits per heavy atom. The number of benzene rings is 1. The number of carbonyl (C=O) groups excluding carboxylic acids is 2. The predicted molar refractivity (Wildman–Crippen MR) is 119 cm³/mol. The molecule has 2 amide bonds. The first-order valence-corrected chi connectivity index (χ1v) is 11.0. The zero-order valence-electron chi connectivity index (χ0n) is 17.5. The van der Waals surface area contributed by atoms with Crippen LogP contribution in [0.3, 0.4) is 0 Å². The van der Waals surface area contributed by atoms with Gasteiger partial charge in [-0.3, -0.25) is 10.1 Å². The summed E-state index contributed by atoms with van der Waals surface area (Å²) in [6, 6.07) is 7.46. The maximum absolute atomic E-state index is 12.1. The fraction of sp³-hybridized carbons (Fsp3) is 0.429. The fourth-order valence-corrected chi connectivity index (χ4v) is 3.91. The molecule has 0 aliphatic carbocycles. The average Bonchev–Trinajstić information content (AvgIpc) is 3.28. The van der Waals surface area contributed by atoms with E-state index in [0.717, 1.165) is 42.6 Å². The van der Waals surface area contributed by atoms with E-state index < -0.39 is 6.09 Å². The lowest BCUT2D eigenvalue weighted by molar-refractivity contribution is -0.114. The van der Waals surface area contributed by atoms with Gasteiger partial charge < -0.3 is 10.1 Å². The van der Waals surface area contributed by atoms with Crippen LogP contribution in [-0.4, -0.2) is 33.2 Å². The van der Waals surface area contributed by atoms with Crippen molar-refractivity contribution < 1.29 is 14.3 Å². The Morgan fingerprint density at radius 3 is 2.63 bits per heavy atom. The smallest absolute Gasteiger partial charge is 0.414 e. The second-order valence-electron chi connectivity index (χ2n) is 7.15. The molecule has 0 spiro atoms. The lowest BCUT2D eigenvalue weighted by Crippen LogP contribution is -2.19. The van der Waals surface area contributed by atoms with Crippen molar-refractivity contribution in [2.45, 2.75) is 46.5 Å². The summed E-state index contributed by atoms with van der Waals surface area (Å²) in [6.45, 7) is 6.13. The minimum atomic E-state index is -0.538. The highest BCUT2D eigenvalue weighted by molar-refractivity contribution is 7.15. The zero-order valence-corrected chi connectivity index (χ0v) is 18.3. The van der Waals surface area contributed by atoms with E-state index in [4.69, 9.17) is 4.74 Å². The largest absolute Gasteiger partial charge is 0.449 e. The molecule has 160 valence electrons. The Kier molecular flexibility index (Phi) is 7.40.